The molecule has 0 amide bonds. The van der Waals surface area contributed by atoms with Crippen molar-refractivity contribution < 1.29 is 9.53 Å². The summed E-state index contributed by atoms with van der Waals surface area (Å²) in [7, 11) is 3.23. The zero-order valence-corrected chi connectivity index (χ0v) is 13.0. The lowest BCUT2D eigenvalue weighted by molar-refractivity contribution is -0.148. The molecule has 0 aromatic heterocycles. The lowest BCUT2D eigenvalue weighted by atomic mass is 9.97. The quantitative estimate of drug-likeness (QED) is 0.474. The van der Waals surface area contributed by atoms with Crippen LogP contribution >= 0.6 is 11.8 Å². The maximum absolute atomic E-state index is 11.7. The van der Waals surface area contributed by atoms with Crippen molar-refractivity contribution >= 4 is 17.7 Å². The predicted octanol–water partition coefficient (Wildman–Crippen LogP) is 3.02. The normalized spacial score (nSPS) is 13.9. The minimum Gasteiger partial charge on any atom is -0.468 e. The molecule has 0 radical (unpaired) electrons. The van der Waals surface area contributed by atoms with Gasteiger partial charge < -0.3 is 10.1 Å². The van der Waals surface area contributed by atoms with Gasteiger partial charge in [0, 0.05) is 4.90 Å². The Hall–Kier alpha value is -1.00. The van der Waals surface area contributed by atoms with E-state index < -0.39 is 5.54 Å². The fraction of sp³-hybridized carbons (Fsp3) is 0.533. The molecule has 1 rings (SSSR count). The molecule has 19 heavy (non-hydrogen) atoms. The van der Waals surface area contributed by atoms with Crippen molar-refractivity contribution in [3.8, 4) is 0 Å². The highest BCUT2D eigenvalue weighted by atomic mass is 32.2. The molecule has 0 aliphatic rings. The molecule has 1 aromatic rings. The van der Waals surface area contributed by atoms with Gasteiger partial charge in [0.2, 0.25) is 0 Å². The molecule has 3 nitrogen and oxygen atoms in total. The third-order valence-electron chi connectivity index (χ3n) is 3.30. The van der Waals surface area contributed by atoms with Gasteiger partial charge in [0.05, 0.1) is 7.11 Å². The Balaban J connectivity index is 2.37. The molecule has 0 fully saturated rings. The fourth-order valence-corrected chi connectivity index (χ4v) is 2.66. The molecule has 0 saturated carbocycles. The Bertz CT molecular complexity index is 405. The molecule has 0 saturated heterocycles. The number of nitrogens with one attached hydrogen (secondary N) is 1. The highest BCUT2D eigenvalue weighted by Gasteiger charge is 2.31. The summed E-state index contributed by atoms with van der Waals surface area (Å²) in [4.78, 5) is 12.9. The lowest BCUT2D eigenvalue weighted by Gasteiger charge is -2.25. The summed E-state index contributed by atoms with van der Waals surface area (Å²) in [5.41, 5.74) is 0.695. The molecule has 0 heterocycles. The number of ether oxygens (including phenoxy) is 1. The number of rotatable bonds is 7. The van der Waals surface area contributed by atoms with Gasteiger partial charge in [-0.15, -0.1) is 11.8 Å². The first kappa shape index (κ1) is 16.1. The summed E-state index contributed by atoms with van der Waals surface area (Å²) in [6.07, 6.45) is 1.74. The molecular weight excluding hydrogens is 258 g/mol. The van der Waals surface area contributed by atoms with Gasteiger partial charge in [0.15, 0.2) is 0 Å². The summed E-state index contributed by atoms with van der Waals surface area (Å²) in [5, 5.41) is 3.05. The van der Waals surface area contributed by atoms with Crippen LogP contribution in [0, 0.1) is 6.92 Å². The van der Waals surface area contributed by atoms with E-state index in [2.05, 4.69) is 36.5 Å². The van der Waals surface area contributed by atoms with E-state index in [1.54, 1.807) is 7.05 Å². The van der Waals surface area contributed by atoms with Crippen LogP contribution in [0.1, 0.15) is 25.3 Å². The Morgan fingerprint density at radius 3 is 2.53 bits per heavy atom. The third kappa shape index (κ3) is 4.88. The van der Waals surface area contributed by atoms with E-state index in [4.69, 9.17) is 4.74 Å². The highest BCUT2D eigenvalue weighted by Crippen LogP contribution is 2.22. The average molecular weight is 281 g/mol. The topological polar surface area (TPSA) is 38.3 Å². The average Bonchev–Trinajstić information content (AvgIpc) is 2.44. The standard InChI is InChI=1S/C15H23NO2S/c1-12-6-8-13(9-7-12)19-11-5-10-15(2,16-3)14(17)18-4/h6-9,16H,5,10-11H2,1-4H3. The minimum atomic E-state index is -0.581. The molecule has 1 atom stereocenters. The monoisotopic (exact) mass is 281 g/mol. The summed E-state index contributed by atoms with van der Waals surface area (Å²) >= 11 is 1.82. The van der Waals surface area contributed by atoms with Crippen LogP contribution in [0.15, 0.2) is 29.2 Å². The summed E-state index contributed by atoms with van der Waals surface area (Å²) < 4.78 is 4.83. The van der Waals surface area contributed by atoms with E-state index >= 15 is 0 Å². The molecule has 0 aliphatic carbocycles. The number of thioether (sulfide) groups is 1. The van der Waals surface area contributed by atoms with Crippen molar-refractivity contribution in [2.45, 2.75) is 37.1 Å². The Kier molecular flexibility index (Phi) is 6.38. The molecule has 0 bridgehead atoms. The summed E-state index contributed by atoms with van der Waals surface area (Å²) in [6.45, 7) is 3.97. The van der Waals surface area contributed by atoms with E-state index in [9.17, 15) is 4.79 Å². The van der Waals surface area contributed by atoms with E-state index in [1.165, 1.54) is 17.6 Å². The smallest absolute Gasteiger partial charge is 0.325 e. The first-order chi connectivity index (χ1) is 9.01. The first-order valence-corrected chi connectivity index (χ1v) is 7.47. The van der Waals surface area contributed by atoms with Crippen LogP contribution in [0.5, 0.6) is 0 Å². The van der Waals surface area contributed by atoms with Crippen molar-refractivity contribution in [1.29, 1.82) is 0 Å². The van der Waals surface area contributed by atoms with Gasteiger partial charge in [-0.25, -0.2) is 0 Å². The Labute approximate surface area is 120 Å². The van der Waals surface area contributed by atoms with Crippen molar-refractivity contribution in [2.24, 2.45) is 0 Å². The van der Waals surface area contributed by atoms with Crippen LogP contribution < -0.4 is 5.32 Å². The number of hydrogen-bond acceptors (Lipinski definition) is 4. The van der Waals surface area contributed by atoms with E-state index in [-0.39, 0.29) is 5.97 Å². The van der Waals surface area contributed by atoms with Crippen LogP contribution in [-0.2, 0) is 9.53 Å². The number of methoxy groups -OCH3 is 1. The third-order valence-corrected chi connectivity index (χ3v) is 4.40. The zero-order valence-electron chi connectivity index (χ0n) is 12.2. The minimum absolute atomic E-state index is 0.199. The molecular formula is C15H23NO2S. The van der Waals surface area contributed by atoms with Gasteiger partial charge in [0.25, 0.3) is 0 Å². The van der Waals surface area contributed by atoms with Crippen molar-refractivity contribution in [1.82, 2.24) is 5.32 Å². The van der Waals surface area contributed by atoms with Crippen LogP contribution in [0.3, 0.4) is 0 Å². The van der Waals surface area contributed by atoms with Crippen LogP contribution in [0.25, 0.3) is 0 Å². The summed E-state index contributed by atoms with van der Waals surface area (Å²) in [5.74, 6) is 0.799. The molecule has 1 aromatic carbocycles. The van der Waals surface area contributed by atoms with E-state index in [0.29, 0.717) is 0 Å². The van der Waals surface area contributed by atoms with Crippen molar-refractivity contribution in [2.75, 3.05) is 19.9 Å². The number of likely N-dealkylation sites (N-methyl/N-ethyl adjacent to an activating group) is 1. The molecule has 1 unspecified atom stereocenters. The zero-order chi connectivity index (χ0) is 14.3. The number of aryl methyl sites for hydroxylation is 1. The van der Waals surface area contributed by atoms with Crippen LogP contribution in [-0.4, -0.2) is 31.4 Å². The van der Waals surface area contributed by atoms with Gasteiger partial charge in [-0.05, 0) is 51.6 Å². The first-order valence-electron chi connectivity index (χ1n) is 6.48. The Morgan fingerprint density at radius 1 is 1.37 bits per heavy atom. The molecule has 0 aliphatic heterocycles. The van der Waals surface area contributed by atoms with Gasteiger partial charge in [-0.3, -0.25) is 4.79 Å². The Morgan fingerprint density at radius 2 is 2.00 bits per heavy atom. The summed E-state index contributed by atoms with van der Waals surface area (Å²) in [6, 6.07) is 8.51. The number of esters is 1. The van der Waals surface area contributed by atoms with Crippen LogP contribution in [0.4, 0.5) is 0 Å². The maximum Gasteiger partial charge on any atom is 0.325 e. The largest absolute Gasteiger partial charge is 0.468 e. The van der Waals surface area contributed by atoms with Gasteiger partial charge in [0.1, 0.15) is 5.54 Å². The second-order valence-corrected chi connectivity index (χ2v) is 6.01. The molecule has 1 N–H and O–H groups in total. The van der Waals surface area contributed by atoms with Gasteiger partial charge in [-0.2, -0.15) is 0 Å². The number of carbonyl (C=O) groups excluding carboxylic acids is 1. The lowest BCUT2D eigenvalue weighted by Crippen LogP contribution is -2.48. The highest BCUT2D eigenvalue weighted by molar-refractivity contribution is 7.99. The van der Waals surface area contributed by atoms with Crippen molar-refractivity contribution in [3.05, 3.63) is 29.8 Å². The maximum atomic E-state index is 11.7. The molecule has 106 valence electrons. The van der Waals surface area contributed by atoms with Crippen LogP contribution in [0.2, 0.25) is 0 Å². The second kappa shape index (κ2) is 7.56. The SMILES string of the molecule is CNC(C)(CCCSc1ccc(C)cc1)C(=O)OC. The fourth-order valence-electron chi connectivity index (χ4n) is 1.80. The van der Waals surface area contributed by atoms with Gasteiger partial charge >= 0.3 is 5.97 Å². The van der Waals surface area contributed by atoms with Gasteiger partial charge in [-0.1, -0.05) is 17.7 Å². The molecule has 0 spiro atoms. The number of carbonyl (C=O) groups is 1. The van der Waals surface area contributed by atoms with E-state index in [1.807, 2.05) is 18.7 Å². The predicted molar refractivity (Wildman–Crippen MR) is 80.6 cm³/mol. The number of benzene rings is 1. The number of hydrogen-bond donors (Lipinski definition) is 1. The second-order valence-electron chi connectivity index (χ2n) is 4.84. The van der Waals surface area contributed by atoms with E-state index in [0.717, 1.165) is 18.6 Å². The van der Waals surface area contributed by atoms with Crippen molar-refractivity contribution in [3.63, 3.8) is 0 Å². The molecule has 4 heteroatoms.